The molecular weight excluding hydrogens is 302 g/mol. The van der Waals surface area contributed by atoms with Crippen molar-refractivity contribution in [2.24, 2.45) is 5.41 Å². The van der Waals surface area contributed by atoms with E-state index in [4.69, 9.17) is 16.7 Å². The molecule has 5 nitrogen and oxygen atoms in total. The highest BCUT2D eigenvalue weighted by Crippen LogP contribution is 2.52. The van der Waals surface area contributed by atoms with Crippen molar-refractivity contribution in [1.29, 1.82) is 0 Å². The lowest BCUT2D eigenvalue weighted by Gasteiger charge is -2.12. The Bertz CT molecular complexity index is 545. The highest BCUT2D eigenvalue weighted by atomic mass is 35.5. The van der Waals surface area contributed by atoms with Crippen LogP contribution in [0.2, 0.25) is 5.15 Å². The van der Waals surface area contributed by atoms with E-state index in [9.17, 15) is 9.59 Å². The summed E-state index contributed by atoms with van der Waals surface area (Å²) in [6.07, 6.45) is 2.34. The average Bonchev–Trinajstić information content (AvgIpc) is 3.16. The minimum Gasteiger partial charge on any atom is -0.478 e. The van der Waals surface area contributed by atoms with Gasteiger partial charge in [-0.1, -0.05) is 11.6 Å². The number of esters is 1. The van der Waals surface area contributed by atoms with Crippen molar-refractivity contribution < 1.29 is 19.4 Å². The van der Waals surface area contributed by atoms with Gasteiger partial charge in [0.05, 0.1) is 24.1 Å². The van der Waals surface area contributed by atoms with Crippen LogP contribution in [0.1, 0.15) is 29.6 Å². The lowest BCUT2D eigenvalue weighted by Crippen LogP contribution is -2.13. The second kappa shape index (κ2) is 6.01. The van der Waals surface area contributed by atoms with Gasteiger partial charge < -0.3 is 9.84 Å². The third-order valence-electron chi connectivity index (χ3n) is 3.25. The Morgan fingerprint density at radius 1 is 1.50 bits per heavy atom. The van der Waals surface area contributed by atoms with E-state index < -0.39 is 5.97 Å². The maximum atomic E-state index is 11.3. The van der Waals surface area contributed by atoms with Crippen molar-refractivity contribution in [2.45, 2.75) is 24.3 Å². The van der Waals surface area contributed by atoms with Gasteiger partial charge in [0.25, 0.3) is 0 Å². The molecule has 7 heteroatoms. The monoisotopic (exact) mass is 315 g/mol. The van der Waals surface area contributed by atoms with Crippen molar-refractivity contribution in [3.05, 3.63) is 22.8 Å². The van der Waals surface area contributed by atoms with E-state index in [-0.39, 0.29) is 22.1 Å². The fourth-order valence-corrected chi connectivity index (χ4v) is 3.30. The zero-order valence-electron chi connectivity index (χ0n) is 10.9. The Morgan fingerprint density at radius 2 is 2.20 bits per heavy atom. The molecule has 0 saturated heterocycles. The molecule has 0 aromatic carbocycles. The van der Waals surface area contributed by atoms with E-state index in [0.29, 0.717) is 17.2 Å². The molecule has 20 heavy (non-hydrogen) atoms. The fraction of sp³-hybridized carbons (Fsp3) is 0.462. The number of aromatic carboxylic acids is 1. The number of thioether (sulfide) groups is 1. The summed E-state index contributed by atoms with van der Waals surface area (Å²) in [5.41, 5.74) is 0.0795. The van der Waals surface area contributed by atoms with Gasteiger partial charge in [0.2, 0.25) is 0 Å². The quantitative estimate of drug-likeness (QED) is 0.494. The summed E-state index contributed by atoms with van der Waals surface area (Å²) < 4.78 is 4.69. The number of nitrogens with zero attached hydrogens (tertiary/aromatic N) is 1. The summed E-state index contributed by atoms with van der Waals surface area (Å²) in [6, 6.07) is 2.81. The second-order valence-electron chi connectivity index (χ2n) is 4.86. The molecule has 0 radical (unpaired) electrons. The molecule has 1 aliphatic carbocycles. The number of pyridine rings is 1. The number of methoxy groups -OCH3 is 1. The van der Waals surface area contributed by atoms with E-state index in [1.807, 2.05) is 0 Å². The van der Waals surface area contributed by atoms with E-state index in [2.05, 4.69) is 9.72 Å². The lowest BCUT2D eigenvalue weighted by molar-refractivity contribution is -0.141. The van der Waals surface area contributed by atoms with E-state index >= 15 is 0 Å². The minimum absolute atomic E-state index is 0.0366. The maximum Gasteiger partial charge on any atom is 0.335 e. The molecule has 0 aliphatic heterocycles. The molecule has 0 amide bonds. The fourth-order valence-electron chi connectivity index (χ4n) is 1.82. The highest BCUT2D eigenvalue weighted by molar-refractivity contribution is 7.99. The van der Waals surface area contributed by atoms with Crippen LogP contribution in [-0.4, -0.2) is 34.9 Å². The van der Waals surface area contributed by atoms with Gasteiger partial charge in [-0.05, 0) is 30.4 Å². The SMILES string of the molecule is COC(=O)CC1(CSc2cc(C(=O)O)cc(Cl)n2)CC1. The first kappa shape index (κ1) is 15.1. The number of halogens is 1. The summed E-state index contributed by atoms with van der Waals surface area (Å²) >= 11 is 7.23. The Labute approximate surface area is 125 Å². The van der Waals surface area contributed by atoms with Crippen LogP contribution >= 0.6 is 23.4 Å². The standard InChI is InChI=1S/C13H14ClNO4S/c1-19-11(16)6-13(2-3-13)7-20-10-5-8(12(17)18)4-9(14)15-10/h4-5H,2-3,6-7H2,1H3,(H,17,18). The summed E-state index contributed by atoms with van der Waals surface area (Å²) in [7, 11) is 1.38. The molecule has 108 valence electrons. The predicted octanol–water partition coefficient (Wildman–Crippen LogP) is 2.87. The number of ether oxygens (including phenoxy) is 1. The lowest BCUT2D eigenvalue weighted by atomic mass is 10.1. The zero-order chi connectivity index (χ0) is 14.8. The smallest absolute Gasteiger partial charge is 0.335 e. The molecule has 1 N–H and O–H groups in total. The van der Waals surface area contributed by atoms with Gasteiger partial charge in [-0.2, -0.15) is 0 Å². The van der Waals surface area contributed by atoms with Crippen LogP contribution in [0.3, 0.4) is 0 Å². The first-order chi connectivity index (χ1) is 9.44. The van der Waals surface area contributed by atoms with Crippen molar-refractivity contribution in [3.8, 4) is 0 Å². The summed E-state index contributed by atoms with van der Waals surface area (Å²) in [5.74, 6) is -0.547. The van der Waals surface area contributed by atoms with Crippen LogP contribution in [-0.2, 0) is 9.53 Å². The molecule has 1 saturated carbocycles. The molecule has 0 atom stereocenters. The number of rotatable bonds is 6. The van der Waals surface area contributed by atoms with Crippen LogP contribution in [0.25, 0.3) is 0 Å². The van der Waals surface area contributed by atoms with Gasteiger partial charge in [-0.15, -0.1) is 11.8 Å². The predicted molar refractivity (Wildman–Crippen MR) is 75.2 cm³/mol. The first-order valence-electron chi connectivity index (χ1n) is 6.05. The number of carbonyl (C=O) groups is 2. The van der Waals surface area contributed by atoms with Crippen LogP contribution in [0.5, 0.6) is 0 Å². The zero-order valence-corrected chi connectivity index (χ0v) is 12.5. The number of aromatic nitrogens is 1. The molecule has 0 unspecified atom stereocenters. The van der Waals surface area contributed by atoms with Crippen molar-refractivity contribution in [3.63, 3.8) is 0 Å². The number of hydrogen-bond acceptors (Lipinski definition) is 5. The molecule has 1 fully saturated rings. The largest absolute Gasteiger partial charge is 0.478 e. The molecule has 1 aromatic rings. The van der Waals surface area contributed by atoms with Gasteiger partial charge in [0.15, 0.2) is 0 Å². The van der Waals surface area contributed by atoms with Crippen molar-refractivity contribution in [2.75, 3.05) is 12.9 Å². The van der Waals surface area contributed by atoms with Crippen LogP contribution in [0.15, 0.2) is 17.2 Å². The minimum atomic E-state index is -1.04. The molecule has 0 spiro atoms. The normalized spacial score (nSPS) is 15.7. The average molecular weight is 316 g/mol. The summed E-state index contributed by atoms with van der Waals surface area (Å²) in [5, 5.41) is 9.69. The molecule has 0 bridgehead atoms. The molecule has 1 aliphatic rings. The highest BCUT2D eigenvalue weighted by Gasteiger charge is 2.44. The van der Waals surface area contributed by atoms with Crippen LogP contribution in [0.4, 0.5) is 0 Å². The number of carbonyl (C=O) groups excluding carboxylic acids is 1. The molecule has 2 rings (SSSR count). The Morgan fingerprint density at radius 3 is 2.75 bits per heavy atom. The van der Waals surface area contributed by atoms with E-state index in [1.165, 1.54) is 31.0 Å². The van der Waals surface area contributed by atoms with Gasteiger partial charge in [-0.3, -0.25) is 4.79 Å². The Kier molecular flexibility index (Phi) is 4.55. The van der Waals surface area contributed by atoms with Gasteiger partial charge >= 0.3 is 11.9 Å². The van der Waals surface area contributed by atoms with Gasteiger partial charge in [0.1, 0.15) is 5.15 Å². The number of carboxylic acids is 1. The number of hydrogen-bond donors (Lipinski definition) is 1. The molecule has 1 aromatic heterocycles. The molecular formula is C13H14ClNO4S. The topological polar surface area (TPSA) is 76.5 Å². The maximum absolute atomic E-state index is 11.3. The Hall–Kier alpha value is -1.27. The van der Waals surface area contributed by atoms with Crippen LogP contribution < -0.4 is 0 Å². The molecule has 1 heterocycles. The van der Waals surface area contributed by atoms with Gasteiger partial charge in [0, 0.05) is 5.75 Å². The summed E-state index contributed by atoms with van der Waals surface area (Å²) in [4.78, 5) is 26.4. The van der Waals surface area contributed by atoms with Crippen LogP contribution in [0, 0.1) is 5.41 Å². The Balaban J connectivity index is 2.01. The second-order valence-corrected chi connectivity index (χ2v) is 6.25. The van der Waals surface area contributed by atoms with Crippen molar-refractivity contribution >= 4 is 35.3 Å². The summed E-state index contributed by atoms with van der Waals surface area (Å²) in [6.45, 7) is 0. The van der Waals surface area contributed by atoms with Crippen molar-refractivity contribution in [1.82, 2.24) is 4.98 Å². The van der Waals surface area contributed by atoms with E-state index in [0.717, 1.165) is 12.8 Å². The first-order valence-corrected chi connectivity index (χ1v) is 7.41. The van der Waals surface area contributed by atoms with E-state index in [1.54, 1.807) is 0 Å². The third-order valence-corrected chi connectivity index (χ3v) is 4.70. The number of carboxylic acid groups (broad SMARTS) is 1. The van der Waals surface area contributed by atoms with Gasteiger partial charge in [-0.25, -0.2) is 9.78 Å². The third kappa shape index (κ3) is 3.86.